The molecule has 2 amide bonds. The van der Waals surface area contributed by atoms with Crippen LogP contribution in [0.3, 0.4) is 0 Å². The number of benzene rings is 1. The number of hydrogen-bond acceptors (Lipinski definition) is 1. The highest BCUT2D eigenvalue weighted by atomic mass is 19.4. The number of likely N-dealkylation sites (tertiary alicyclic amines) is 1. The Morgan fingerprint density at radius 1 is 1.33 bits per heavy atom. The molecule has 0 spiro atoms. The van der Waals surface area contributed by atoms with Crippen LogP contribution in [0.25, 0.3) is 0 Å². The zero-order valence-corrected chi connectivity index (χ0v) is 11.9. The lowest BCUT2D eigenvalue weighted by atomic mass is 10.00. The predicted octanol–water partition coefficient (Wildman–Crippen LogP) is 3.65. The molecule has 1 aliphatic rings. The van der Waals surface area contributed by atoms with Crippen molar-refractivity contribution in [3.8, 4) is 0 Å². The minimum Gasteiger partial charge on any atom is -0.334 e. The van der Waals surface area contributed by atoms with Gasteiger partial charge in [0, 0.05) is 19.6 Å². The lowest BCUT2D eigenvalue weighted by molar-refractivity contribution is -0.137. The van der Waals surface area contributed by atoms with Crippen molar-refractivity contribution in [2.45, 2.75) is 32.5 Å². The highest BCUT2D eigenvalue weighted by Gasteiger charge is 2.30. The van der Waals surface area contributed by atoms with E-state index in [0.717, 1.165) is 25.0 Å². The molecule has 1 aromatic carbocycles. The Labute approximate surface area is 122 Å². The van der Waals surface area contributed by atoms with Gasteiger partial charge >= 0.3 is 12.2 Å². The number of amides is 2. The lowest BCUT2D eigenvalue weighted by Crippen LogP contribution is -2.43. The predicted molar refractivity (Wildman–Crippen MR) is 73.7 cm³/mol. The molecule has 0 saturated carbocycles. The van der Waals surface area contributed by atoms with Crippen LogP contribution in [0.1, 0.15) is 30.9 Å². The second-order valence-corrected chi connectivity index (χ2v) is 5.53. The first-order valence-electron chi connectivity index (χ1n) is 7.05. The topological polar surface area (TPSA) is 32.3 Å². The number of alkyl halides is 3. The average molecular weight is 300 g/mol. The maximum atomic E-state index is 12.6. The molecule has 1 N–H and O–H groups in total. The smallest absolute Gasteiger partial charge is 0.334 e. The van der Waals surface area contributed by atoms with E-state index in [1.165, 1.54) is 6.07 Å². The molecule has 6 heteroatoms. The maximum Gasteiger partial charge on any atom is 0.416 e. The number of piperidine rings is 1. The standard InChI is InChI=1S/C15H19F3N2O/c1-11-5-7-20(8-6-11)14(21)19-10-12-3-2-4-13(9-12)15(16,17)18/h2-4,9,11H,5-8,10H2,1H3,(H,19,21). The van der Waals surface area contributed by atoms with Crippen molar-refractivity contribution in [1.82, 2.24) is 10.2 Å². The first-order valence-corrected chi connectivity index (χ1v) is 7.05. The molecule has 0 bridgehead atoms. The Balaban J connectivity index is 1.89. The second kappa shape index (κ2) is 6.37. The molecule has 0 atom stereocenters. The molecule has 21 heavy (non-hydrogen) atoms. The lowest BCUT2D eigenvalue weighted by Gasteiger charge is -2.30. The molecule has 2 rings (SSSR count). The van der Waals surface area contributed by atoms with Crippen molar-refractivity contribution < 1.29 is 18.0 Å². The molecule has 1 heterocycles. The third-order valence-electron chi connectivity index (χ3n) is 3.77. The summed E-state index contributed by atoms with van der Waals surface area (Å²) in [6.07, 6.45) is -2.42. The summed E-state index contributed by atoms with van der Waals surface area (Å²) in [5.74, 6) is 0.623. The Bertz CT molecular complexity index is 494. The normalized spacial score (nSPS) is 16.9. The first-order chi connectivity index (χ1) is 9.86. The largest absolute Gasteiger partial charge is 0.416 e. The molecule has 0 unspecified atom stereocenters. The summed E-state index contributed by atoms with van der Waals surface area (Å²) in [6, 6.07) is 4.82. The third-order valence-corrected chi connectivity index (χ3v) is 3.77. The highest BCUT2D eigenvalue weighted by Crippen LogP contribution is 2.29. The van der Waals surface area contributed by atoms with Crippen LogP contribution < -0.4 is 5.32 Å². The van der Waals surface area contributed by atoms with E-state index in [4.69, 9.17) is 0 Å². The van der Waals surface area contributed by atoms with Gasteiger partial charge in [-0.15, -0.1) is 0 Å². The minimum atomic E-state index is -4.36. The maximum absolute atomic E-state index is 12.6. The molecule has 1 aliphatic heterocycles. The van der Waals surface area contributed by atoms with Crippen LogP contribution in [-0.4, -0.2) is 24.0 Å². The summed E-state index contributed by atoms with van der Waals surface area (Å²) >= 11 is 0. The Morgan fingerprint density at radius 3 is 2.62 bits per heavy atom. The number of urea groups is 1. The van der Waals surface area contributed by atoms with Crippen LogP contribution in [0, 0.1) is 5.92 Å². The van der Waals surface area contributed by atoms with E-state index in [2.05, 4.69) is 12.2 Å². The molecule has 1 aromatic rings. The summed E-state index contributed by atoms with van der Waals surface area (Å²) in [4.78, 5) is 13.7. The number of hydrogen-bond donors (Lipinski definition) is 1. The minimum absolute atomic E-state index is 0.106. The van der Waals surface area contributed by atoms with Crippen molar-refractivity contribution >= 4 is 6.03 Å². The molecular weight excluding hydrogens is 281 g/mol. The van der Waals surface area contributed by atoms with Gasteiger partial charge in [-0.05, 0) is 36.5 Å². The summed E-state index contributed by atoms with van der Waals surface area (Å²) in [5, 5.41) is 2.68. The zero-order valence-electron chi connectivity index (χ0n) is 11.9. The molecule has 0 radical (unpaired) electrons. The van der Waals surface area contributed by atoms with Crippen molar-refractivity contribution in [2.75, 3.05) is 13.1 Å². The van der Waals surface area contributed by atoms with E-state index >= 15 is 0 Å². The van der Waals surface area contributed by atoms with Gasteiger partial charge in [-0.1, -0.05) is 19.1 Å². The highest BCUT2D eigenvalue weighted by molar-refractivity contribution is 5.74. The van der Waals surface area contributed by atoms with Gasteiger partial charge in [0.2, 0.25) is 0 Å². The van der Waals surface area contributed by atoms with Crippen LogP contribution in [-0.2, 0) is 12.7 Å². The molecule has 0 aromatic heterocycles. The van der Waals surface area contributed by atoms with Gasteiger partial charge in [-0.3, -0.25) is 0 Å². The fourth-order valence-electron chi connectivity index (χ4n) is 2.36. The van der Waals surface area contributed by atoms with Gasteiger partial charge in [0.25, 0.3) is 0 Å². The van der Waals surface area contributed by atoms with Crippen molar-refractivity contribution in [2.24, 2.45) is 5.92 Å². The van der Waals surface area contributed by atoms with Gasteiger partial charge in [-0.2, -0.15) is 13.2 Å². The van der Waals surface area contributed by atoms with E-state index in [1.807, 2.05) is 0 Å². The Hall–Kier alpha value is -1.72. The van der Waals surface area contributed by atoms with Crippen molar-refractivity contribution in [3.63, 3.8) is 0 Å². The van der Waals surface area contributed by atoms with Crippen LogP contribution in [0.5, 0.6) is 0 Å². The van der Waals surface area contributed by atoms with E-state index in [1.54, 1.807) is 11.0 Å². The molecule has 116 valence electrons. The third kappa shape index (κ3) is 4.37. The average Bonchev–Trinajstić information content (AvgIpc) is 2.45. The number of nitrogens with zero attached hydrogens (tertiary/aromatic N) is 1. The SMILES string of the molecule is CC1CCN(C(=O)NCc2cccc(C(F)(F)F)c2)CC1. The van der Waals surface area contributed by atoms with Gasteiger partial charge < -0.3 is 10.2 Å². The second-order valence-electron chi connectivity index (χ2n) is 5.53. The summed E-state index contributed by atoms with van der Waals surface area (Å²) in [5.41, 5.74) is -0.246. The fraction of sp³-hybridized carbons (Fsp3) is 0.533. The van der Waals surface area contributed by atoms with Crippen LogP contribution in [0.2, 0.25) is 0 Å². The van der Waals surface area contributed by atoms with Crippen molar-refractivity contribution in [3.05, 3.63) is 35.4 Å². The quantitative estimate of drug-likeness (QED) is 0.888. The van der Waals surface area contributed by atoms with Gasteiger partial charge in [-0.25, -0.2) is 4.79 Å². The number of halogens is 3. The number of rotatable bonds is 2. The van der Waals surface area contributed by atoms with E-state index < -0.39 is 11.7 Å². The number of carbonyl (C=O) groups excluding carboxylic acids is 1. The molecule has 3 nitrogen and oxygen atoms in total. The summed E-state index contributed by atoms with van der Waals surface area (Å²) < 4.78 is 37.8. The van der Waals surface area contributed by atoms with Crippen LogP contribution >= 0.6 is 0 Å². The Morgan fingerprint density at radius 2 is 2.00 bits per heavy atom. The van der Waals surface area contributed by atoms with Gasteiger partial charge in [0.15, 0.2) is 0 Å². The van der Waals surface area contributed by atoms with Crippen LogP contribution in [0.15, 0.2) is 24.3 Å². The number of carbonyl (C=O) groups is 1. The first kappa shape index (κ1) is 15.7. The van der Waals surface area contributed by atoms with E-state index in [0.29, 0.717) is 24.6 Å². The molecule has 0 aliphatic carbocycles. The van der Waals surface area contributed by atoms with E-state index in [-0.39, 0.29) is 12.6 Å². The zero-order chi connectivity index (χ0) is 15.5. The monoisotopic (exact) mass is 300 g/mol. The summed E-state index contributed by atoms with van der Waals surface area (Å²) in [6.45, 7) is 3.66. The molecule has 1 saturated heterocycles. The Kier molecular flexibility index (Phi) is 4.75. The fourth-order valence-corrected chi connectivity index (χ4v) is 2.36. The summed E-state index contributed by atoms with van der Waals surface area (Å²) in [7, 11) is 0. The molecular formula is C15H19F3N2O. The molecule has 1 fully saturated rings. The van der Waals surface area contributed by atoms with E-state index in [9.17, 15) is 18.0 Å². The number of nitrogens with one attached hydrogen (secondary N) is 1. The van der Waals surface area contributed by atoms with Gasteiger partial charge in [0.05, 0.1) is 5.56 Å². The van der Waals surface area contributed by atoms with Gasteiger partial charge in [0.1, 0.15) is 0 Å². The van der Waals surface area contributed by atoms with Crippen molar-refractivity contribution in [1.29, 1.82) is 0 Å². The van der Waals surface area contributed by atoms with Crippen LogP contribution in [0.4, 0.5) is 18.0 Å².